The summed E-state index contributed by atoms with van der Waals surface area (Å²) in [4.78, 5) is 18.3. The van der Waals surface area contributed by atoms with Crippen LogP contribution in [0.3, 0.4) is 0 Å². The van der Waals surface area contributed by atoms with Crippen molar-refractivity contribution < 1.29 is 37.3 Å². The topological polar surface area (TPSA) is 110 Å². The minimum absolute atomic E-state index is 0.0328. The van der Waals surface area contributed by atoms with Gasteiger partial charge in [0.2, 0.25) is 0 Å². The Morgan fingerprint density at radius 2 is 1.84 bits per heavy atom. The molecule has 0 bridgehead atoms. The molecule has 1 N–H and O–H groups in total. The van der Waals surface area contributed by atoms with E-state index in [1.807, 2.05) is 10.6 Å². The summed E-state index contributed by atoms with van der Waals surface area (Å²) in [5.41, 5.74) is 0.817. The average molecular weight is 607 g/mol. The molecule has 1 atom stereocenters. The number of likely N-dealkylation sites (tertiary alicyclic amines) is 1. The zero-order valence-electron chi connectivity index (χ0n) is 23.6. The summed E-state index contributed by atoms with van der Waals surface area (Å²) < 4.78 is 62.6. The van der Waals surface area contributed by atoms with Crippen LogP contribution >= 0.6 is 0 Å². The summed E-state index contributed by atoms with van der Waals surface area (Å²) in [6.07, 6.45) is 2.04. The van der Waals surface area contributed by atoms with E-state index in [1.165, 1.54) is 36.4 Å². The number of halogens is 3. The van der Waals surface area contributed by atoms with Crippen LogP contribution in [0.25, 0.3) is 11.0 Å². The molecule has 3 aromatic carbocycles. The van der Waals surface area contributed by atoms with Gasteiger partial charge in [-0.05, 0) is 55.7 Å². The second-order valence-corrected chi connectivity index (χ2v) is 10.9. The van der Waals surface area contributed by atoms with Crippen LogP contribution in [0.1, 0.15) is 46.6 Å². The first-order chi connectivity index (χ1) is 21.3. The summed E-state index contributed by atoms with van der Waals surface area (Å²) in [7, 11) is 0. The molecule has 0 aliphatic carbocycles. The lowest BCUT2D eigenvalue weighted by Crippen LogP contribution is -2.39. The normalized spacial score (nSPS) is 17.3. The third-order valence-corrected chi connectivity index (χ3v) is 7.98. The maximum atomic E-state index is 14.8. The number of fused-ring (bicyclic) bond motifs is 1. The monoisotopic (exact) mass is 606 g/mol. The lowest BCUT2D eigenvalue weighted by Gasteiger charge is -2.32. The minimum atomic E-state index is -1.21. The zero-order chi connectivity index (χ0) is 30.8. The summed E-state index contributed by atoms with van der Waals surface area (Å²) in [6.45, 7) is 2.68. The van der Waals surface area contributed by atoms with Gasteiger partial charge in [-0.3, -0.25) is 4.90 Å². The van der Waals surface area contributed by atoms with Gasteiger partial charge >= 0.3 is 5.97 Å². The summed E-state index contributed by atoms with van der Waals surface area (Å²) >= 11 is 0. The van der Waals surface area contributed by atoms with Crippen molar-refractivity contribution in [1.82, 2.24) is 14.5 Å². The number of carbonyl (C=O) groups is 1. The first kappa shape index (κ1) is 29.5. The number of ether oxygens (including phenoxy) is 3. The second kappa shape index (κ2) is 12.6. The largest absolute Gasteiger partial charge is 0.490 e. The second-order valence-electron chi connectivity index (χ2n) is 10.9. The Bertz CT molecular complexity index is 1740. The van der Waals surface area contributed by atoms with Gasteiger partial charge in [0.05, 0.1) is 41.9 Å². The van der Waals surface area contributed by atoms with Crippen molar-refractivity contribution in [2.45, 2.75) is 51.2 Å². The fourth-order valence-electron chi connectivity index (χ4n) is 5.44. The molecular weight excluding hydrogens is 577 g/mol. The number of nitriles is 1. The van der Waals surface area contributed by atoms with Gasteiger partial charge in [-0.25, -0.2) is 22.9 Å². The molecule has 3 heterocycles. The quantitative estimate of drug-likeness (QED) is 0.254. The van der Waals surface area contributed by atoms with E-state index in [-0.39, 0.29) is 46.8 Å². The van der Waals surface area contributed by atoms with Gasteiger partial charge in [-0.15, -0.1) is 0 Å². The van der Waals surface area contributed by atoms with Crippen LogP contribution in [-0.4, -0.2) is 57.4 Å². The Kier molecular flexibility index (Phi) is 8.41. The first-order valence-electron chi connectivity index (χ1n) is 14.3. The Hall–Kier alpha value is -4.60. The molecule has 44 heavy (non-hydrogen) atoms. The molecule has 0 radical (unpaired) electrons. The molecule has 0 saturated carbocycles. The van der Waals surface area contributed by atoms with E-state index in [1.54, 1.807) is 0 Å². The molecule has 0 spiro atoms. The van der Waals surface area contributed by atoms with E-state index in [0.717, 1.165) is 18.6 Å². The van der Waals surface area contributed by atoms with E-state index in [4.69, 9.17) is 19.5 Å². The van der Waals surface area contributed by atoms with E-state index in [2.05, 4.69) is 9.88 Å². The smallest absolute Gasteiger partial charge is 0.335 e. The number of hydrogen-bond acceptors (Lipinski definition) is 7. The molecule has 228 valence electrons. The predicted octanol–water partition coefficient (Wildman–Crippen LogP) is 5.43. The Morgan fingerprint density at radius 1 is 1.05 bits per heavy atom. The summed E-state index contributed by atoms with van der Waals surface area (Å²) in [5, 5.41) is 18.3. The van der Waals surface area contributed by atoms with Gasteiger partial charge in [-0.2, -0.15) is 5.26 Å². The zero-order valence-corrected chi connectivity index (χ0v) is 23.6. The molecule has 0 unspecified atom stereocenters. The predicted molar refractivity (Wildman–Crippen MR) is 152 cm³/mol. The fraction of sp³-hybridized carbons (Fsp3) is 0.344. The van der Waals surface area contributed by atoms with Gasteiger partial charge < -0.3 is 23.9 Å². The highest BCUT2D eigenvalue weighted by Crippen LogP contribution is 2.29. The molecular formula is C32H29F3N4O5. The van der Waals surface area contributed by atoms with Crippen molar-refractivity contribution in [3.05, 3.63) is 88.5 Å². The van der Waals surface area contributed by atoms with Crippen LogP contribution in [0.5, 0.6) is 11.5 Å². The number of benzene rings is 3. The van der Waals surface area contributed by atoms with Crippen LogP contribution < -0.4 is 9.47 Å². The number of hydrogen-bond donors (Lipinski definition) is 1. The molecule has 2 fully saturated rings. The molecule has 1 aromatic heterocycles. The molecule has 2 aliphatic rings. The third-order valence-electron chi connectivity index (χ3n) is 7.98. The number of carboxylic acid groups (broad SMARTS) is 1. The van der Waals surface area contributed by atoms with Gasteiger partial charge in [-0.1, -0.05) is 6.07 Å². The van der Waals surface area contributed by atoms with Crippen LogP contribution in [0.15, 0.2) is 48.5 Å². The lowest BCUT2D eigenvalue weighted by molar-refractivity contribution is -0.0592. The Labute approximate surface area is 251 Å². The Morgan fingerprint density at radius 3 is 2.52 bits per heavy atom. The lowest BCUT2D eigenvalue weighted by atomic mass is 10.1. The molecule has 9 nitrogen and oxygen atoms in total. The van der Waals surface area contributed by atoms with Crippen molar-refractivity contribution in [2.75, 3.05) is 19.7 Å². The van der Waals surface area contributed by atoms with Gasteiger partial charge in [0.25, 0.3) is 0 Å². The van der Waals surface area contributed by atoms with Crippen molar-refractivity contribution in [1.29, 1.82) is 5.26 Å². The van der Waals surface area contributed by atoms with Crippen LogP contribution in [0.2, 0.25) is 0 Å². The molecule has 2 aliphatic heterocycles. The minimum Gasteiger partial charge on any atom is -0.490 e. The van der Waals surface area contributed by atoms with Crippen LogP contribution in [-0.2, 0) is 24.4 Å². The van der Waals surface area contributed by atoms with E-state index in [0.29, 0.717) is 62.7 Å². The van der Waals surface area contributed by atoms with Crippen molar-refractivity contribution in [3.8, 4) is 17.6 Å². The van der Waals surface area contributed by atoms with Crippen LogP contribution in [0.4, 0.5) is 13.2 Å². The summed E-state index contributed by atoms with van der Waals surface area (Å²) in [6, 6.07) is 12.5. The third kappa shape index (κ3) is 6.34. The molecule has 0 amide bonds. The average Bonchev–Trinajstić information content (AvgIpc) is 3.33. The number of aromatic nitrogens is 2. The standard InChI is InChI=1S/C32H29F3N4O5/c33-25-4-3-23(14-29(25)43-18-20-2-1-19(15-36)11-26(20)34)44-22-5-8-38(9-6-22)17-30-37-31-27(35)12-21(32(40)41)13-28(31)39(30)16-24-7-10-42-24/h1-4,11-14,22,24H,5-10,16-18H2,(H,40,41)/t24-/m0/s1. The number of piperidine rings is 1. The number of carboxylic acids is 1. The molecule has 12 heteroatoms. The SMILES string of the molecule is N#Cc1ccc(COc2cc(OC3CCN(Cc4nc5c(F)cc(C(=O)O)cc5n4C[C@@H]4CCO4)CC3)ccc2F)c(F)c1. The molecule has 2 saturated heterocycles. The Balaban J connectivity index is 1.09. The van der Waals surface area contributed by atoms with E-state index in [9.17, 15) is 23.1 Å². The number of nitrogens with zero attached hydrogens (tertiary/aromatic N) is 4. The van der Waals surface area contributed by atoms with Gasteiger partial charge in [0.1, 0.15) is 35.6 Å². The van der Waals surface area contributed by atoms with E-state index < -0.39 is 23.4 Å². The van der Waals surface area contributed by atoms with Gasteiger partial charge in [0, 0.05) is 31.3 Å². The van der Waals surface area contributed by atoms with Crippen molar-refractivity contribution in [3.63, 3.8) is 0 Å². The molecule has 4 aromatic rings. The highest BCUT2D eigenvalue weighted by molar-refractivity contribution is 5.92. The van der Waals surface area contributed by atoms with Crippen molar-refractivity contribution in [2.24, 2.45) is 0 Å². The number of imidazole rings is 1. The van der Waals surface area contributed by atoms with Gasteiger partial charge in [0.15, 0.2) is 17.4 Å². The number of rotatable bonds is 10. The highest BCUT2D eigenvalue weighted by Gasteiger charge is 2.27. The first-order valence-corrected chi connectivity index (χ1v) is 14.3. The molecule has 6 rings (SSSR count). The van der Waals surface area contributed by atoms with E-state index >= 15 is 0 Å². The maximum absolute atomic E-state index is 14.8. The highest BCUT2D eigenvalue weighted by atomic mass is 19.1. The fourth-order valence-corrected chi connectivity index (χ4v) is 5.44. The maximum Gasteiger partial charge on any atom is 0.335 e. The van der Waals surface area contributed by atoms with Crippen LogP contribution in [0, 0.1) is 28.8 Å². The van der Waals surface area contributed by atoms with Crippen molar-refractivity contribution >= 4 is 17.0 Å². The summed E-state index contributed by atoms with van der Waals surface area (Å²) in [5.74, 6) is -2.11. The number of aromatic carboxylic acids is 1.